The summed E-state index contributed by atoms with van der Waals surface area (Å²) in [4.78, 5) is 0.261. The van der Waals surface area contributed by atoms with Crippen molar-refractivity contribution >= 4 is 53.8 Å². The van der Waals surface area contributed by atoms with Gasteiger partial charge in [-0.15, -0.1) is 13.2 Å². The van der Waals surface area contributed by atoms with Crippen molar-refractivity contribution in [2.75, 3.05) is 6.26 Å². The van der Waals surface area contributed by atoms with Gasteiger partial charge in [-0.3, -0.25) is 0 Å². The molecule has 0 N–H and O–H groups in total. The Bertz CT molecular complexity index is 2220. The van der Waals surface area contributed by atoms with Crippen LogP contribution in [-0.2, 0) is 9.84 Å². The molecule has 0 fully saturated rings. The quantitative estimate of drug-likeness (QED) is 0.113. The average Bonchev–Trinajstić information content (AvgIpc) is 3.71. The van der Waals surface area contributed by atoms with Crippen LogP contribution in [0.5, 0.6) is 0 Å². The molecule has 0 atom stereocenters. The number of fused-ring (bicyclic) bond motifs is 7. The first-order valence-corrected chi connectivity index (χ1v) is 16.2. The highest BCUT2D eigenvalue weighted by molar-refractivity contribution is 7.94. The van der Waals surface area contributed by atoms with Crippen LogP contribution in [-0.4, -0.2) is 23.8 Å². The summed E-state index contributed by atoms with van der Waals surface area (Å²) < 4.78 is 33.0. The van der Waals surface area contributed by atoms with Crippen LogP contribution < -0.4 is 0 Å². The first-order chi connectivity index (χ1) is 21.8. The fourth-order valence-electron chi connectivity index (χ4n) is 5.25. The van der Waals surface area contributed by atoms with E-state index in [-0.39, 0.29) is 4.91 Å². The Morgan fingerprint density at radius 3 is 1.49 bits per heavy atom. The molecule has 6 nitrogen and oxygen atoms in total. The van der Waals surface area contributed by atoms with Crippen molar-refractivity contribution in [1.29, 1.82) is 5.26 Å². The number of rotatable bonds is 4. The lowest BCUT2D eigenvalue weighted by molar-refractivity contribution is 0.607. The number of para-hydroxylation sites is 4. The van der Waals surface area contributed by atoms with Crippen LogP contribution >= 0.6 is 0 Å². The molecule has 0 spiro atoms. The average molecular weight is 612 g/mol. The van der Waals surface area contributed by atoms with Crippen molar-refractivity contribution in [2.24, 2.45) is 0 Å². The summed E-state index contributed by atoms with van der Waals surface area (Å²) in [5, 5.41) is 10.6. The van der Waals surface area contributed by atoms with E-state index in [2.05, 4.69) is 131 Å². The molecule has 0 radical (unpaired) electrons. The smallest absolute Gasteiger partial charge is 0.171 e. The standard InChI is InChI=1S/C28H18N2O.C8H11NO2S.C2H4/c1-3-11-19(12-4-1)29-23-17-9-7-15-21(23)27-25(29)26-28(31-27)22-16-8-10-18-24(22)30(26)20-13-5-2-6-14-20;1-7(6-9)4-5-8(2)12(3,10)11;1-2/h1-18H;4-5H,1-3H3;1-2H2/b;7-4+,8-5+;. The van der Waals surface area contributed by atoms with Crippen molar-refractivity contribution in [3.63, 3.8) is 0 Å². The Labute approximate surface area is 263 Å². The minimum absolute atomic E-state index is 0.261. The van der Waals surface area contributed by atoms with Crippen molar-refractivity contribution in [3.05, 3.63) is 145 Å². The van der Waals surface area contributed by atoms with E-state index < -0.39 is 9.84 Å². The molecule has 0 bridgehead atoms. The van der Waals surface area contributed by atoms with Gasteiger partial charge >= 0.3 is 0 Å². The van der Waals surface area contributed by atoms with Crippen LogP contribution in [0.4, 0.5) is 0 Å². The van der Waals surface area contributed by atoms with Crippen LogP contribution in [0.3, 0.4) is 0 Å². The molecular weight excluding hydrogens is 579 g/mol. The zero-order valence-electron chi connectivity index (χ0n) is 25.4. The third-order valence-corrected chi connectivity index (χ3v) is 8.75. The van der Waals surface area contributed by atoms with Gasteiger partial charge in [-0.1, -0.05) is 60.7 Å². The highest BCUT2D eigenvalue weighted by Crippen LogP contribution is 2.43. The molecule has 0 aliphatic carbocycles. The molecule has 3 heterocycles. The van der Waals surface area contributed by atoms with Gasteiger partial charge in [0, 0.05) is 38.9 Å². The minimum Gasteiger partial charge on any atom is -0.451 e. The molecule has 0 aliphatic heterocycles. The molecule has 45 heavy (non-hydrogen) atoms. The maximum Gasteiger partial charge on any atom is 0.171 e. The largest absolute Gasteiger partial charge is 0.451 e. The third-order valence-electron chi connectivity index (χ3n) is 7.44. The number of hydrogen-bond donors (Lipinski definition) is 0. The number of nitriles is 1. The van der Waals surface area contributed by atoms with E-state index in [0.29, 0.717) is 5.57 Å². The SMILES string of the molecule is C/C(C#N)=C\C=C(/C)S(C)(=O)=O.C=C.c1ccc(-n2c3ccccc3c3oc4c5ccccc5n(-c5ccccc5)c4c32)cc1. The number of furan rings is 1. The van der Waals surface area contributed by atoms with E-state index in [0.717, 1.165) is 61.6 Å². The monoisotopic (exact) mass is 611 g/mol. The number of hydrogen-bond acceptors (Lipinski definition) is 4. The lowest BCUT2D eigenvalue weighted by Crippen LogP contribution is -1.97. The molecule has 224 valence electrons. The molecule has 0 saturated heterocycles. The molecule has 0 unspecified atom stereocenters. The number of benzene rings is 4. The summed E-state index contributed by atoms with van der Waals surface area (Å²) in [5.41, 5.74) is 9.09. The minimum atomic E-state index is -3.10. The molecule has 3 aromatic heterocycles. The van der Waals surface area contributed by atoms with Gasteiger partial charge in [-0.2, -0.15) is 5.26 Å². The normalized spacial score (nSPS) is 12.0. The van der Waals surface area contributed by atoms with E-state index in [9.17, 15) is 8.42 Å². The lowest BCUT2D eigenvalue weighted by atomic mass is 10.2. The van der Waals surface area contributed by atoms with Crippen molar-refractivity contribution in [2.45, 2.75) is 13.8 Å². The van der Waals surface area contributed by atoms with Gasteiger partial charge in [0.05, 0.1) is 17.1 Å². The van der Waals surface area contributed by atoms with Gasteiger partial charge in [0.15, 0.2) is 21.0 Å². The molecule has 0 aliphatic rings. The van der Waals surface area contributed by atoms with Gasteiger partial charge < -0.3 is 13.6 Å². The zero-order valence-corrected chi connectivity index (χ0v) is 26.3. The molecular formula is C38H33N3O3S. The Balaban J connectivity index is 0.000000245. The summed E-state index contributed by atoms with van der Waals surface area (Å²) in [6, 6.07) is 39.9. The lowest BCUT2D eigenvalue weighted by Gasteiger charge is -2.09. The highest BCUT2D eigenvalue weighted by atomic mass is 32.2. The number of allylic oxidation sites excluding steroid dienone is 4. The Morgan fingerprint density at radius 1 is 0.689 bits per heavy atom. The number of sulfone groups is 1. The second-order valence-electron chi connectivity index (χ2n) is 10.3. The van der Waals surface area contributed by atoms with Gasteiger partial charge in [-0.05, 0) is 74.5 Å². The van der Waals surface area contributed by atoms with E-state index >= 15 is 0 Å². The fraction of sp³-hybridized carbons (Fsp3) is 0.0789. The van der Waals surface area contributed by atoms with Crippen molar-refractivity contribution in [3.8, 4) is 17.4 Å². The van der Waals surface area contributed by atoms with Crippen molar-refractivity contribution < 1.29 is 12.8 Å². The maximum absolute atomic E-state index is 10.9. The molecule has 0 amide bonds. The third kappa shape index (κ3) is 5.84. The van der Waals surface area contributed by atoms with Gasteiger partial charge in [0.1, 0.15) is 11.0 Å². The maximum atomic E-state index is 10.9. The Morgan fingerprint density at radius 2 is 1.09 bits per heavy atom. The van der Waals surface area contributed by atoms with E-state index in [1.54, 1.807) is 6.92 Å². The predicted octanol–water partition coefficient (Wildman–Crippen LogP) is 9.68. The molecule has 4 aromatic carbocycles. The van der Waals surface area contributed by atoms with Gasteiger partial charge in [0.2, 0.25) is 0 Å². The fourth-order valence-corrected chi connectivity index (χ4v) is 5.56. The van der Waals surface area contributed by atoms with E-state index in [1.165, 1.54) is 19.1 Å². The van der Waals surface area contributed by atoms with E-state index in [1.807, 2.05) is 6.07 Å². The molecule has 7 heteroatoms. The molecule has 7 rings (SSSR count). The Hall–Kier alpha value is -5.58. The van der Waals surface area contributed by atoms with Gasteiger partial charge in [-0.25, -0.2) is 8.42 Å². The second-order valence-corrected chi connectivity index (χ2v) is 12.5. The summed E-state index contributed by atoms with van der Waals surface area (Å²) in [7, 11) is -3.10. The summed E-state index contributed by atoms with van der Waals surface area (Å²) in [5.74, 6) is 0. The first-order valence-electron chi connectivity index (χ1n) is 14.3. The number of aromatic nitrogens is 2. The van der Waals surface area contributed by atoms with Gasteiger partial charge in [0.25, 0.3) is 0 Å². The van der Waals surface area contributed by atoms with Crippen LogP contribution in [0, 0.1) is 11.3 Å². The predicted molar refractivity (Wildman–Crippen MR) is 187 cm³/mol. The van der Waals surface area contributed by atoms with Crippen LogP contribution in [0.2, 0.25) is 0 Å². The zero-order chi connectivity index (χ0) is 32.1. The summed E-state index contributed by atoms with van der Waals surface area (Å²) >= 11 is 0. The van der Waals surface area contributed by atoms with Crippen LogP contribution in [0.1, 0.15) is 13.8 Å². The highest BCUT2D eigenvalue weighted by Gasteiger charge is 2.25. The summed E-state index contributed by atoms with van der Waals surface area (Å²) in [6.45, 7) is 9.11. The second kappa shape index (κ2) is 13.0. The topological polar surface area (TPSA) is 80.9 Å². The van der Waals surface area contributed by atoms with Crippen LogP contribution in [0.25, 0.3) is 55.4 Å². The molecule has 7 aromatic rings. The van der Waals surface area contributed by atoms with Crippen LogP contribution in [0.15, 0.2) is 149 Å². The van der Waals surface area contributed by atoms with E-state index in [4.69, 9.17) is 9.68 Å². The Kier molecular flexibility index (Phi) is 8.89. The van der Waals surface area contributed by atoms with Crippen molar-refractivity contribution in [1.82, 2.24) is 9.13 Å². The molecule has 0 saturated carbocycles. The number of nitrogens with zero attached hydrogens (tertiary/aromatic N) is 3. The first kappa shape index (κ1) is 30.9. The summed E-state index contributed by atoms with van der Waals surface area (Å²) in [6.07, 6.45) is 4.04.